The highest BCUT2D eigenvalue weighted by atomic mass is 16.5. The zero-order chi connectivity index (χ0) is 15.9. The van der Waals surface area contributed by atoms with Crippen molar-refractivity contribution < 1.29 is 14.1 Å². The van der Waals surface area contributed by atoms with Crippen LogP contribution in [-0.2, 0) is 16.1 Å². The lowest BCUT2D eigenvalue weighted by molar-refractivity contribution is -0.141. The summed E-state index contributed by atoms with van der Waals surface area (Å²) >= 11 is 0. The summed E-state index contributed by atoms with van der Waals surface area (Å²) in [6, 6.07) is 0. The Hall–Kier alpha value is -1.40. The van der Waals surface area contributed by atoms with Gasteiger partial charge in [0.2, 0.25) is 0 Å². The first-order chi connectivity index (χ1) is 10.5. The number of fused-ring (bicyclic) bond motifs is 1. The van der Waals surface area contributed by atoms with Gasteiger partial charge in [0, 0.05) is 32.7 Å². The fourth-order valence-corrected chi connectivity index (χ4v) is 3.54. The molecule has 0 radical (unpaired) electrons. The highest BCUT2D eigenvalue weighted by Crippen LogP contribution is 2.34. The Morgan fingerprint density at radius 1 is 1.41 bits per heavy atom. The monoisotopic (exact) mass is 307 g/mol. The van der Waals surface area contributed by atoms with Gasteiger partial charge < -0.3 is 14.2 Å². The van der Waals surface area contributed by atoms with E-state index in [0.29, 0.717) is 5.92 Å². The van der Waals surface area contributed by atoms with Gasteiger partial charge in [-0.3, -0.25) is 9.69 Å². The van der Waals surface area contributed by atoms with Gasteiger partial charge in [0.25, 0.3) is 5.91 Å². The van der Waals surface area contributed by atoms with Crippen LogP contribution in [0.1, 0.15) is 29.9 Å². The number of aromatic nitrogens is 1. The van der Waals surface area contributed by atoms with Crippen molar-refractivity contribution in [2.75, 3.05) is 27.2 Å². The Morgan fingerprint density at radius 2 is 2.18 bits per heavy atom. The maximum absolute atomic E-state index is 12.1. The number of carbonyl (C=O) groups is 1. The predicted octanol–water partition coefficient (Wildman–Crippen LogP) is 1.36. The van der Waals surface area contributed by atoms with Crippen LogP contribution in [0.3, 0.4) is 0 Å². The molecule has 0 saturated carbocycles. The summed E-state index contributed by atoms with van der Waals surface area (Å²) in [5.74, 6) is 1.49. The van der Waals surface area contributed by atoms with Crippen molar-refractivity contribution in [2.24, 2.45) is 5.92 Å². The van der Waals surface area contributed by atoms with Crippen LogP contribution in [0.25, 0.3) is 0 Å². The first-order valence-corrected chi connectivity index (χ1v) is 7.96. The van der Waals surface area contributed by atoms with Crippen LogP contribution in [0.15, 0.2) is 4.52 Å². The van der Waals surface area contributed by atoms with Crippen molar-refractivity contribution in [3.63, 3.8) is 0 Å². The smallest absolute Gasteiger partial charge is 0.251 e. The Morgan fingerprint density at radius 3 is 2.82 bits per heavy atom. The molecule has 3 rings (SSSR count). The predicted molar refractivity (Wildman–Crippen MR) is 81.3 cm³/mol. The van der Waals surface area contributed by atoms with E-state index in [4.69, 9.17) is 9.26 Å². The number of likely N-dealkylation sites (tertiary alicyclic amines) is 1. The lowest BCUT2D eigenvalue weighted by Gasteiger charge is -2.33. The molecular formula is C16H25N3O3. The van der Waals surface area contributed by atoms with Gasteiger partial charge in [0.15, 0.2) is 0 Å². The summed E-state index contributed by atoms with van der Waals surface area (Å²) in [4.78, 5) is 16.1. The van der Waals surface area contributed by atoms with E-state index in [-0.39, 0.29) is 18.1 Å². The minimum Gasteiger partial charge on any atom is -0.364 e. The summed E-state index contributed by atoms with van der Waals surface area (Å²) in [5.41, 5.74) is 2.14. The van der Waals surface area contributed by atoms with Crippen molar-refractivity contribution >= 4 is 5.91 Å². The van der Waals surface area contributed by atoms with E-state index in [1.54, 1.807) is 19.0 Å². The van der Waals surface area contributed by atoms with E-state index < -0.39 is 0 Å². The molecule has 6 nitrogen and oxygen atoms in total. The molecule has 22 heavy (non-hydrogen) atoms. The topological polar surface area (TPSA) is 58.8 Å². The molecule has 3 atom stereocenters. The summed E-state index contributed by atoms with van der Waals surface area (Å²) in [6.45, 7) is 6.71. The number of hydrogen-bond acceptors (Lipinski definition) is 5. The quantitative estimate of drug-likeness (QED) is 0.844. The highest BCUT2D eigenvalue weighted by Gasteiger charge is 2.42. The second-order valence-corrected chi connectivity index (χ2v) is 6.72. The van der Waals surface area contributed by atoms with E-state index >= 15 is 0 Å². The minimum atomic E-state index is -0.260. The Balaban J connectivity index is 1.61. The second kappa shape index (κ2) is 6.01. The fraction of sp³-hybridized carbons (Fsp3) is 0.750. The number of carbonyl (C=O) groups excluding carboxylic acids is 1. The van der Waals surface area contributed by atoms with Crippen LogP contribution in [-0.4, -0.2) is 60.3 Å². The summed E-state index contributed by atoms with van der Waals surface area (Å²) in [6.07, 6.45) is 1.86. The zero-order valence-corrected chi connectivity index (χ0v) is 13.8. The van der Waals surface area contributed by atoms with Gasteiger partial charge in [-0.15, -0.1) is 0 Å². The molecule has 2 saturated heterocycles. The summed E-state index contributed by atoms with van der Waals surface area (Å²) in [5, 5.41) is 4.02. The third-order valence-electron chi connectivity index (χ3n) is 4.92. The standard InChI is InChI=1S/C16H25N3O3/c1-10-13(11(2)22-17-10)8-19-6-5-12-7-14(16(20)18(3)4)21-15(12)9-19/h12,14-15H,5-9H2,1-4H3/t12-,14+,15-/m0/s1. The van der Waals surface area contributed by atoms with E-state index in [1.807, 2.05) is 13.8 Å². The van der Waals surface area contributed by atoms with Crippen molar-refractivity contribution in [3.8, 4) is 0 Å². The fourth-order valence-electron chi connectivity index (χ4n) is 3.54. The lowest BCUT2D eigenvalue weighted by Crippen LogP contribution is -2.42. The van der Waals surface area contributed by atoms with E-state index in [2.05, 4.69) is 10.1 Å². The average molecular weight is 307 g/mol. The molecule has 2 fully saturated rings. The Kier molecular flexibility index (Phi) is 4.23. The molecule has 3 heterocycles. The van der Waals surface area contributed by atoms with Crippen molar-refractivity contribution in [3.05, 3.63) is 17.0 Å². The number of ether oxygens (including phenoxy) is 1. The normalized spacial score (nSPS) is 28.6. The largest absolute Gasteiger partial charge is 0.364 e. The molecule has 0 bridgehead atoms. The third kappa shape index (κ3) is 2.90. The molecule has 0 aliphatic carbocycles. The Bertz CT molecular complexity index is 535. The number of rotatable bonds is 3. The van der Waals surface area contributed by atoms with Gasteiger partial charge >= 0.3 is 0 Å². The first kappa shape index (κ1) is 15.5. The maximum atomic E-state index is 12.1. The van der Waals surface area contributed by atoms with Crippen LogP contribution in [0.2, 0.25) is 0 Å². The number of likely N-dealkylation sites (N-methyl/N-ethyl adjacent to an activating group) is 1. The number of hydrogen-bond donors (Lipinski definition) is 0. The lowest BCUT2D eigenvalue weighted by atomic mass is 9.91. The van der Waals surface area contributed by atoms with E-state index in [9.17, 15) is 4.79 Å². The van der Waals surface area contributed by atoms with Gasteiger partial charge in [-0.05, 0) is 39.2 Å². The van der Waals surface area contributed by atoms with Crippen LogP contribution in [0.5, 0.6) is 0 Å². The second-order valence-electron chi connectivity index (χ2n) is 6.72. The highest BCUT2D eigenvalue weighted by molar-refractivity contribution is 5.80. The van der Waals surface area contributed by atoms with E-state index in [1.165, 1.54) is 5.56 Å². The molecule has 0 N–H and O–H groups in total. The van der Waals surface area contributed by atoms with E-state index in [0.717, 1.165) is 43.9 Å². The van der Waals surface area contributed by atoms with Crippen molar-refractivity contribution in [1.82, 2.24) is 15.0 Å². The van der Waals surface area contributed by atoms with Crippen molar-refractivity contribution in [2.45, 2.75) is 45.4 Å². The van der Waals surface area contributed by atoms with Gasteiger partial charge in [-0.1, -0.05) is 5.16 Å². The van der Waals surface area contributed by atoms with Crippen LogP contribution in [0, 0.1) is 19.8 Å². The van der Waals surface area contributed by atoms with Gasteiger partial charge in [-0.2, -0.15) is 0 Å². The van der Waals surface area contributed by atoms with Crippen molar-refractivity contribution in [1.29, 1.82) is 0 Å². The van der Waals surface area contributed by atoms with Gasteiger partial charge in [-0.25, -0.2) is 0 Å². The molecule has 0 spiro atoms. The van der Waals surface area contributed by atoms with Gasteiger partial charge in [0.1, 0.15) is 11.9 Å². The summed E-state index contributed by atoms with van der Waals surface area (Å²) in [7, 11) is 3.58. The summed E-state index contributed by atoms with van der Waals surface area (Å²) < 4.78 is 11.3. The molecule has 122 valence electrons. The SMILES string of the molecule is Cc1noc(C)c1CN1CC[C@H]2C[C@H](C(=O)N(C)C)O[C@H]2C1. The van der Waals surface area contributed by atoms with Gasteiger partial charge in [0.05, 0.1) is 11.8 Å². The molecule has 1 amide bonds. The molecule has 1 aromatic rings. The van der Waals surface area contributed by atoms with Crippen LogP contribution in [0.4, 0.5) is 0 Å². The molecule has 0 unspecified atom stereocenters. The molecule has 6 heteroatoms. The molecule has 2 aliphatic rings. The third-order valence-corrected chi connectivity index (χ3v) is 4.92. The maximum Gasteiger partial charge on any atom is 0.251 e. The number of nitrogens with zero attached hydrogens (tertiary/aromatic N) is 3. The molecular weight excluding hydrogens is 282 g/mol. The zero-order valence-electron chi connectivity index (χ0n) is 13.8. The number of amides is 1. The van der Waals surface area contributed by atoms with Crippen LogP contribution >= 0.6 is 0 Å². The molecule has 2 aliphatic heterocycles. The van der Waals surface area contributed by atoms with Crippen LogP contribution < -0.4 is 0 Å². The first-order valence-electron chi connectivity index (χ1n) is 7.96. The minimum absolute atomic E-state index is 0.0895. The number of aryl methyl sites for hydroxylation is 2. The Labute approximate surface area is 131 Å². The molecule has 1 aromatic heterocycles. The molecule has 0 aromatic carbocycles. The average Bonchev–Trinajstić information content (AvgIpc) is 3.04. The number of piperidine rings is 1.